The van der Waals surface area contributed by atoms with Crippen molar-refractivity contribution in [2.24, 2.45) is 5.73 Å². The maximum absolute atomic E-state index is 13.3. The van der Waals surface area contributed by atoms with E-state index in [1.54, 1.807) is 0 Å². The van der Waals surface area contributed by atoms with Gasteiger partial charge in [-0.25, -0.2) is 5.73 Å². The number of aliphatic carboxylic acids is 10. The van der Waals surface area contributed by atoms with Crippen LogP contribution in [0, 0.1) is 0 Å². The number of amides is 5. The molecule has 0 bridgehead atoms. The lowest BCUT2D eigenvalue weighted by Gasteiger charge is -2.32. The van der Waals surface area contributed by atoms with E-state index in [2.05, 4.69) is 26.6 Å². The van der Waals surface area contributed by atoms with E-state index in [9.17, 15) is 123 Å². The Bertz CT molecular complexity index is 2200. The third kappa shape index (κ3) is 33.6. The molecule has 0 saturated heterocycles. The summed E-state index contributed by atoms with van der Waals surface area (Å²) < 4.78 is 0. The molecule has 38 heteroatoms. The molecular formula is C46H74N13O25. The van der Waals surface area contributed by atoms with E-state index < -0.39 is 223 Å². The van der Waals surface area contributed by atoms with Gasteiger partial charge in [0.15, 0.2) is 0 Å². The smallest absolute Gasteiger partial charge is 0.320 e. The largest absolute Gasteiger partial charge is 0.480 e. The quantitative estimate of drug-likeness (QED) is 0.0252. The summed E-state index contributed by atoms with van der Waals surface area (Å²) in [7, 11) is 0. The number of nitrogens with one attached hydrogen (secondary N) is 6. The Morgan fingerprint density at radius 1 is 0.417 bits per heavy atom. The van der Waals surface area contributed by atoms with Crippen LogP contribution in [0.2, 0.25) is 0 Å². The first-order chi connectivity index (χ1) is 39.2. The highest BCUT2D eigenvalue weighted by Crippen LogP contribution is 2.28. The van der Waals surface area contributed by atoms with Gasteiger partial charge in [-0.1, -0.05) is 0 Å². The highest BCUT2D eigenvalue weighted by molar-refractivity contribution is 5.90. The van der Waals surface area contributed by atoms with Crippen LogP contribution in [0.4, 0.5) is 0 Å². The standard InChI is InChI=1S/C46H74N13O25/c47-27(17-50-31(60)3-1-29(44(81)82)58(13-9-54(19-34(63)64)20-35(65)66)14-10-55(21-36(67)68)22-37(69)70)42(79)49-8-5-33(62)52-28(43(80)53-46(48)6-7-46)18-51-32(61)4-2-30(45(83)84)59(15-11-56(23-38(71)72)24-39(73)74)16-12-57(25-40(75)76)26-41(77)78/h27-30,47H,1-26,48H2,(H,49,79)(H,50,60)(H,51,61)(H,52,62)(H,53,80)(H,63,64)(H,65,66)(H,67,68)(H,69,70)(H,71,72)(H,73,74)(H,75,76)(H,77,78)(H,81,82)(H,83,84)/t27?,28?,29-,30-/m0/s1. The van der Waals surface area contributed by atoms with E-state index in [0.29, 0.717) is 12.8 Å². The molecule has 0 aromatic heterocycles. The zero-order chi connectivity index (χ0) is 63.9. The molecule has 1 fully saturated rings. The summed E-state index contributed by atoms with van der Waals surface area (Å²) in [6.07, 6.45) is -1.93. The molecule has 0 heterocycles. The van der Waals surface area contributed by atoms with Crippen LogP contribution < -0.4 is 38.1 Å². The molecule has 84 heavy (non-hydrogen) atoms. The van der Waals surface area contributed by atoms with Gasteiger partial charge in [-0.05, 0) is 25.7 Å². The predicted molar refractivity (Wildman–Crippen MR) is 278 cm³/mol. The average molecular weight is 1210 g/mol. The van der Waals surface area contributed by atoms with Gasteiger partial charge in [0.2, 0.25) is 29.5 Å². The van der Waals surface area contributed by atoms with Gasteiger partial charge in [-0.2, -0.15) is 0 Å². The Kier molecular flexibility index (Phi) is 33.1. The van der Waals surface area contributed by atoms with E-state index in [-0.39, 0.29) is 52.4 Å². The van der Waals surface area contributed by atoms with Gasteiger partial charge in [0.05, 0.1) is 58.0 Å². The molecular weight excluding hydrogens is 1130 g/mol. The van der Waals surface area contributed by atoms with Crippen molar-refractivity contribution in [2.75, 3.05) is 124 Å². The minimum atomic E-state index is -1.71. The van der Waals surface area contributed by atoms with Crippen molar-refractivity contribution >= 4 is 89.2 Å². The molecule has 2 unspecified atom stereocenters. The molecule has 1 aliphatic carbocycles. The molecule has 0 aromatic rings. The second-order valence-corrected chi connectivity index (χ2v) is 19.3. The van der Waals surface area contributed by atoms with Crippen LogP contribution in [0.5, 0.6) is 0 Å². The molecule has 473 valence electrons. The third-order valence-corrected chi connectivity index (χ3v) is 12.2. The summed E-state index contributed by atoms with van der Waals surface area (Å²) in [6.45, 7) is -10.7. The van der Waals surface area contributed by atoms with Crippen molar-refractivity contribution in [3.05, 3.63) is 0 Å². The summed E-state index contributed by atoms with van der Waals surface area (Å²) >= 11 is 0. The van der Waals surface area contributed by atoms with Crippen LogP contribution in [-0.2, 0) is 71.9 Å². The number of nitrogens with two attached hydrogens (primary N) is 1. The summed E-state index contributed by atoms with van der Waals surface area (Å²) in [4.78, 5) is 188. The normalized spacial score (nSPS) is 14.0. The van der Waals surface area contributed by atoms with E-state index in [0.717, 1.165) is 19.6 Å². The van der Waals surface area contributed by atoms with Crippen LogP contribution >= 0.6 is 0 Å². The number of carbonyl (C=O) groups is 15. The highest BCUT2D eigenvalue weighted by atomic mass is 16.4. The molecule has 1 rings (SSSR count). The number of rotatable bonds is 49. The van der Waals surface area contributed by atoms with Gasteiger partial charge in [0.1, 0.15) is 24.2 Å². The van der Waals surface area contributed by atoms with Gasteiger partial charge in [-0.15, -0.1) is 0 Å². The summed E-state index contributed by atoms with van der Waals surface area (Å²) in [5.74, 6) is -18.8. The van der Waals surface area contributed by atoms with Crippen molar-refractivity contribution in [2.45, 2.75) is 74.8 Å². The molecule has 5 amide bonds. The van der Waals surface area contributed by atoms with E-state index in [1.807, 2.05) is 0 Å². The van der Waals surface area contributed by atoms with Gasteiger partial charge in [0.25, 0.3) is 0 Å². The SMILES string of the molecule is [NH]C(CNC(=O)CC[C@@H](C(=O)O)N(CCN(CC(=O)O)CC(=O)O)CCN(CC(=O)O)CC(=O)O)C(=O)NCCC(=O)NC(CNC(=O)CC[C@@H](C(=O)O)N(CCN(CC(=O)O)CC(=O)O)CCN(CC(=O)O)CC(=O)O)C(=O)NC1(N)CC1. The summed E-state index contributed by atoms with van der Waals surface area (Å²) in [5, 5.41) is 106. The highest BCUT2D eigenvalue weighted by Gasteiger charge is 2.41. The molecule has 1 saturated carbocycles. The fourth-order valence-electron chi connectivity index (χ4n) is 7.96. The number of hydrogen-bond acceptors (Lipinski definition) is 22. The Morgan fingerprint density at radius 2 is 0.726 bits per heavy atom. The first kappa shape index (κ1) is 73.7. The van der Waals surface area contributed by atoms with Crippen LogP contribution in [0.25, 0.3) is 0 Å². The minimum Gasteiger partial charge on any atom is -0.480 e. The summed E-state index contributed by atoms with van der Waals surface area (Å²) in [5.41, 5.74) is 13.1. The molecule has 38 nitrogen and oxygen atoms in total. The second-order valence-electron chi connectivity index (χ2n) is 19.3. The second kappa shape index (κ2) is 37.8. The minimum absolute atomic E-state index is 0.347. The molecule has 0 aromatic carbocycles. The fourth-order valence-corrected chi connectivity index (χ4v) is 7.96. The third-order valence-electron chi connectivity index (χ3n) is 12.2. The lowest BCUT2D eigenvalue weighted by Crippen LogP contribution is -2.57. The zero-order valence-electron chi connectivity index (χ0n) is 45.6. The molecule has 1 radical (unpaired) electrons. The number of carboxylic acids is 10. The lowest BCUT2D eigenvalue weighted by atomic mass is 10.1. The van der Waals surface area contributed by atoms with E-state index in [4.69, 9.17) is 11.5 Å². The maximum atomic E-state index is 13.3. The van der Waals surface area contributed by atoms with Crippen LogP contribution in [0.1, 0.15) is 44.9 Å². The lowest BCUT2D eigenvalue weighted by molar-refractivity contribution is -0.146. The molecule has 0 aliphatic heterocycles. The Balaban J connectivity index is 3.03. The molecule has 0 spiro atoms. The van der Waals surface area contributed by atoms with Crippen LogP contribution in [-0.4, -0.2) is 324 Å². The van der Waals surface area contributed by atoms with E-state index in [1.165, 1.54) is 9.80 Å². The topological polar surface area (TPSA) is 588 Å². The number of nitrogens with zero attached hydrogens (tertiary/aromatic N) is 6. The number of hydrogen-bond donors (Lipinski definition) is 16. The van der Waals surface area contributed by atoms with Gasteiger partial charge in [0, 0.05) is 91.3 Å². The first-order valence-electron chi connectivity index (χ1n) is 25.7. The monoisotopic (exact) mass is 1210 g/mol. The van der Waals surface area contributed by atoms with Gasteiger partial charge < -0.3 is 83.4 Å². The van der Waals surface area contributed by atoms with Crippen molar-refractivity contribution in [1.82, 2.24) is 61.7 Å². The Morgan fingerprint density at radius 3 is 1.01 bits per heavy atom. The van der Waals surface area contributed by atoms with Crippen molar-refractivity contribution in [1.29, 1.82) is 0 Å². The summed E-state index contributed by atoms with van der Waals surface area (Å²) in [6, 6.07) is -6.39. The molecule has 18 N–H and O–H groups in total. The predicted octanol–water partition coefficient (Wildman–Crippen LogP) is -8.62. The number of carbonyl (C=O) groups excluding carboxylic acids is 5. The van der Waals surface area contributed by atoms with Crippen molar-refractivity contribution in [3.63, 3.8) is 0 Å². The first-order valence-corrected chi connectivity index (χ1v) is 25.7. The van der Waals surface area contributed by atoms with Crippen LogP contribution in [0.3, 0.4) is 0 Å². The molecule has 1 aliphatic rings. The maximum Gasteiger partial charge on any atom is 0.320 e. The van der Waals surface area contributed by atoms with Gasteiger partial charge >= 0.3 is 59.7 Å². The number of carboxylic acid groups (broad SMARTS) is 10. The molecule has 4 atom stereocenters. The van der Waals surface area contributed by atoms with Gasteiger partial charge in [-0.3, -0.25) is 101 Å². The van der Waals surface area contributed by atoms with Crippen LogP contribution in [0.15, 0.2) is 0 Å². The van der Waals surface area contributed by atoms with Crippen molar-refractivity contribution < 1.29 is 123 Å². The Labute approximate surface area is 478 Å². The average Bonchev–Trinajstić information content (AvgIpc) is 3.92. The zero-order valence-corrected chi connectivity index (χ0v) is 45.6. The van der Waals surface area contributed by atoms with E-state index >= 15 is 0 Å². The van der Waals surface area contributed by atoms with Crippen molar-refractivity contribution in [3.8, 4) is 0 Å². The fraction of sp³-hybridized carbons (Fsp3) is 0.674. The Hall–Kier alpha value is -8.27.